The molecule has 1 aliphatic heterocycles. The van der Waals surface area contributed by atoms with Gasteiger partial charge >= 0.3 is 5.97 Å². The van der Waals surface area contributed by atoms with Gasteiger partial charge < -0.3 is 15.2 Å². The van der Waals surface area contributed by atoms with Crippen LogP contribution in [-0.2, 0) is 9.59 Å². The maximum absolute atomic E-state index is 12.1. The molecular weight excluding hydrogens is 370 g/mol. The smallest absolute Gasteiger partial charge is 0.317 e. The molecule has 27 heavy (non-hydrogen) atoms. The summed E-state index contributed by atoms with van der Waals surface area (Å²) in [5, 5.41) is 12.5. The van der Waals surface area contributed by atoms with Crippen molar-refractivity contribution in [2.24, 2.45) is 0 Å². The topological polar surface area (TPSA) is 82.1 Å². The maximum Gasteiger partial charge on any atom is 0.317 e. The zero-order chi connectivity index (χ0) is 19.6. The molecule has 150 valence electrons. The number of likely N-dealkylation sites (N-methyl/N-ethyl adjacent to an activating group) is 1. The highest BCUT2D eigenvalue weighted by Crippen LogP contribution is 2.16. The minimum Gasteiger partial charge on any atom is -0.492 e. The molecule has 1 fully saturated rings. The molecule has 1 heterocycles. The van der Waals surface area contributed by atoms with Gasteiger partial charge in [-0.2, -0.15) is 0 Å². The summed E-state index contributed by atoms with van der Waals surface area (Å²) in [7, 11) is 0. The van der Waals surface area contributed by atoms with Gasteiger partial charge in [-0.1, -0.05) is 18.5 Å². The number of carbonyl (C=O) groups excluding carboxylic acids is 1. The van der Waals surface area contributed by atoms with Gasteiger partial charge in [0.05, 0.1) is 19.6 Å². The van der Waals surface area contributed by atoms with Crippen molar-refractivity contribution in [2.45, 2.75) is 25.8 Å². The molecule has 7 nitrogen and oxygen atoms in total. The van der Waals surface area contributed by atoms with Gasteiger partial charge in [0.15, 0.2) is 0 Å². The number of hydrogen-bond donors (Lipinski definition) is 2. The minimum atomic E-state index is -0.792. The van der Waals surface area contributed by atoms with Crippen molar-refractivity contribution in [1.29, 1.82) is 0 Å². The molecule has 0 radical (unpaired) electrons. The lowest BCUT2D eigenvalue weighted by Gasteiger charge is -2.37. The van der Waals surface area contributed by atoms with Crippen LogP contribution in [0.4, 0.5) is 0 Å². The van der Waals surface area contributed by atoms with Crippen molar-refractivity contribution in [1.82, 2.24) is 15.1 Å². The van der Waals surface area contributed by atoms with Crippen LogP contribution in [0.2, 0.25) is 5.02 Å². The van der Waals surface area contributed by atoms with Crippen molar-refractivity contribution in [3.05, 3.63) is 29.3 Å². The zero-order valence-electron chi connectivity index (χ0n) is 15.7. The zero-order valence-corrected chi connectivity index (χ0v) is 16.5. The molecule has 0 spiro atoms. The molecule has 1 saturated heterocycles. The van der Waals surface area contributed by atoms with Gasteiger partial charge in [0.1, 0.15) is 12.4 Å². The van der Waals surface area contributed by atoms with Crippen LogP contribution in [0.5, 0.6) is 5.75 Å². The number of amides is 1. The Hall–Kier alpha value is -1.83. The number of halogens is 1. The number of rotatable bonds is 10. The Morgan fingerprint density at radius 1 is 1.30 bits per heavy atom. The van der Waals surface area contributed by atoms with E-state index in [1.807, 2.05) is 11.8 Å². The standard InChI is InChI=1S/C19H28ClN3O4/c1-2-23(14-19(25)26)16-7-10-22(11-8-16)13-18(24)21-9-12-27-17-5-3-15(20)4-6-17/h3-6,16H,2,7-14H2,1H3,(H,21,24)(H,25,26). The molecule has 0 bridgehead atoms. The van der Waals surface area contributed by atoms with Crippen LogP contribution in [0, 0.1) is 0 Å². The second-order valence-corrected chi connectivity index (χ2v) is 7.05. The molecule has 2 N–H and O–H groups in total. The molecule has 1 aromatic rings. The molecule has 0 atom stereocenters. The van der Waals surface area contributed by atoms with Crippen molar-refractivity contribution >= 4 is 23.5 Å². The molecule has 0 aromatic heterocycles. The van der Waals surface area contributed by atoms with Gasteiger partial charge in [-0.05, 0) is 43.7 Å². The molecule has 1 aliphatic rings. The predicted octanol–water partition coefficient (Wildman–Crippen LogP) is 1.71. The number of benzene rings is 1. The number of carbonyl (C=O) groups is 2. The third-order valence-corrected chi connectivity index (χ3v) is 4.94. The molecule has 8 heteroatoms. The number of aliphatic carboxylic acids is 1. The first-order chi connectivity index (χ1) is 13.0. The summed E-state index contributed by atoms with van der Waals surface area (Å²) in [5.74, 6) is -0.0944. The van der Waals surface area contributed by atoms with Crippen molar-refractivity contribution < 1.29 is 19.4 Å². The molecule has 1 amide bonds. The van der Waals surface area contributed by atoms with Crippen LogP contribution in [0.3, 0.4) is 0 Å². The Kier molecular flexibility index (Phi) is 8.84. The van der Waals surface area contributed by atoms with Crippen molar-refractivity contribution in [2.75, 3.05) is 45.9 Å². The van der Waals surface area contributed by atoms with Crippen LogP contribution in [0.25, 0.3) is 0 Å². The number of nitrogens with zero attached hydrogens (tertiary/aromatic N) is 2. The van der Waals surface area contributed by atoms with Crippen LogP contribution in [0.1, 0.15) is 19.8 Å². The molecule has 0 aliphatic carbocycles. The van der Waals surface area contributed by atoms with E-state index in [1.165, 1.54) is 0 Å². The highest BCUT2D eigenvalue weighted by atomic mass is 35.5. The highest BCUT2D eigenvalue weighted by molar-refractivity contribution is 6.30. The van der Waals surface area contributed by atoms with E-state index in [0.717, 1.165) is 38.2 Å². The number of carboxylic acid groups (broad SMARTS) is 1. The van der Waals surface area contributed by atoms with Gasteiger partial charge in [0.2, 0.25) is 5.91 Å². The Bertz CT molecular complexity index is 603. The molecular formula is C19H28ClN3O4. The average Bonchev–Trinajstić information content (AvgIpc) is 2.65. The van der Waals surface area contributed by atoms with Gasteiger partial charge in [-0.3, -0.25) is 19.4 Å². The van der Waals surface area contributed by atoms with E-state index in [-0.39, 0.29) is 18.5 Å². The molecule has 0 saturated carbocycles. The second kappa shape index (κ2) is 11.1. The van der Waals surface area contributed by atoms with E-state index in [2.05, 4.69) is 10.2 Å². The minimum absolute atomic E-state index is 0.0222. The fourth-order valence-electron chi connectivity index (χ4n) is 3.26. The normalized spacial score (nSPS) is 15.7. The summed E-state index contributed by atoms with van der Waals surface area (Å²) in [5.41, 5.74) is 0. The fraction of sp³-hybridized carbons (Fsp3) is 0.579. The van der Waals surface area contributed by atoms with Crippen LogP contribution >= 0.6 is 11.6 Å². The van der Waals surface area contributed by atoms with Gasteiger partial charge in [0.25, 0.3) is 0 Å². The lowest BCUT2D eigenvalue weighted by molar-refractivity contribution is -0.139. The monoisotopic (exact) mass is 397 g/mol. The largest absolute Gasteiger partial charge is 0.492 e. The van der Waals surface area contributed by atoms with Crippen LogP contribution in [-0.4, -0.2) is 78.7 Å². The van der Waals surface area contributed by atoms with E-state index in [1.54, 1.807) is 24.3 Å². The van der Waals surface area contributed by atoms with Crippen molar-refractivity contribution in [3.8, 4) is 5.75 Å². The first-order valence-electron chi connectivity index (χ1n) is 9.31. The lowest BCUT2D eigenvalue weighted by Crippen LogP contribution is -2.48. The Labute approximate surface area is 165 Å². The summed E-state index contributed by atoms with van der Waals surface area (Å²) in [4.78, 5) is 27.1. The molecule has 2 rings (SSSR count). The summed E-state index contributed by atoms with van der Waals surface area (Å²) in [6, 6.07) is 7.37. The number of ether oxygens (including phenoxy) is 1. The number of nitrogens with one attached hydrogen (secondary N) is 1. The summed E-state index contributed by atoms with van der Waals surface area (Å²) >= 11 is 5.82. The highest BCUT2D eigenvalue weighted by Gasteiger charge is 2.25. The molecule has 0 unspecified atom stereocenters. The third kappa shape index (κ3) is 7.74. The second-order valence-electron chi connectivity index (χ2n) is 6.62. The number of likely N-dealkylation sites (tertiary alicyclic amines) is 1. The Morgan fingerprint density at radius 3 is 2.56 bits per heavy atom. The van der Waals surface area contributed by atoms with E-state index in [9.17, 15) is 9.59 Å². The lowest BCUT2D eigenvalue weighted by atomic mass is 10.0. The van der Waals surface area contributed by atoms with Gasteiger partial charge in [-0.15, -0.1) is 0 Å². The number of carboxylic acids is 1. The third-order valence-electron chi connectivity index (χ3n) is 4.69. The molecule has 1 aromatic carbocycles. The van der Waals surface area contributed by atoms with Gasteiger partial charge in [-0.25, -0.2) is 0 Å². The van der Waals surface area contributed by atoms with Crippen LogP contribution < -0.4 is 10.1 Å². The Morgan fingerprint density at radius 2 is 1.96 bits per heavy atom. The quantitative estimate of drug-likeness (QED) is 0.585. The Balaban J connectivity index is 1.61. The van der Waals surface area contributed by atoms with E-state index >= 15 is 0 Å². The summed E-state index contributed by atoms with van der Waals surface area (Å²) in [6.45, 7) is 5.59. The summed E-state index contributed by atoms with van der Waals surface area (Å²) < 4.78 is 5.55. The van der Waals surface area contributed by atoms with Crippen molar-refractivity contribution in [3.63, 3.8) is 0 Å². The first kappa shape index (κ1) is 21.5. The van der Waals surface area contributed by atoms with Crippen LogP contribution in [0.15, 0.2) is 24.3 Å². The predicted molar refractivity (Wildman–Crippen MR) is 104 cm³/mol. The maximum atomic E-state index is 12.1. The first-order valence-corrected chi connectivity index (χ1v) is 9.69. The SMILES string of the molecule is CCN(CC(=O)O)C1CCN(CC(=O)NCCOc2ccc(Cl)cc2)CC1. The number of piperidine rings is 1. The van der Waals surface area contributed by atoms with E-state index in [4.69, 9.17) is 21.4 Å². The average molecular weight is 398 g/mol. The van der Waals surface area contributed by atoms with Gasteiger partial charge in [0, 0.05) is 24.2 Å². The number of hydrogen-bond acceptors (Lipinski definition) is 5. The van der Waals surface area contributed by atoms with E-state index in [0.29, 0.717) is 24.7 Å². The fourth-order valence-corrected chi connectivity index (χ4v) is 3.39. The van der Waals surface area contributed by atoms with E-state index < -0.39 is 5.97 Å². The summed E-state index contributed by atoms with van der Waals surface area (Å²) in [6.07, 6.45) is 1.77.